The summed E-state index contributed by atoms with van der Waals surface area (Å²) >= 11 is 0. The van der Waals surface area contributed by atoms with Crippen molar-refractivity contribution >= 4 is 17.3 Å². The van der Waals surface area contributed by atoms with Crippen LogP contribution in [0, 0.1) is 5.82 Å². The van der Waals surface area contributed by atoms with Crippen LogP contribution in [0.2, 0.25) is 0 Å². The van der Waals surface area contributed by atoms with Crippen molar-refractivity contribution in [2.45, 2.75) is 24.7 Å². The Balaban J connectivity index is 2.06. The van der Waals surface area contributed by atoms with Gasteiger partial charge in [-0.3, -0.25) is 4.99 Å². The predicted octanol–water partition coefficient (Wildman–Crippen LogP) is 3.51. The number of pyridine rings is 1. The summed E-state index contributed by atoms with van der Waals surface area (Å²) in [5.74, 6) is -0.275. The zero-order valence-electron chi connectivity index (χ0n) is 15.0. The topological polar surface area (TPSA) is 81.8 Å². The molecule has 0 fully saturated rings. The van der Waals surface area contributed by atoms with Crippen LogP contribution in [0.15, 0.2) is 41.5 Å². The second-order valence-corrected chi connectivity index (χ2v) is 6.36. The summed E-state index contributed by atoms with van der Waals surface area (Å²) in [5, 5.41) is 2.91. The summed E-state index contributed by atoms with van der Waals surface area (Å²) < 4.78 is 65.2. The molecule has 2 heterocycles. The standard InChI is InChI=1S/C18H18F4N4O2/c1-17(16(18(20,21)22)28-9-14(23)26-17)11-8-10(5-6-12(11)19)25-15-13(27-2)4-3-7-24-15/h3-8,16H,9H2,1-2H3,(H2,23,26)(H,24,25). The van der Waals surface area contributed by atoms with Crippen LogP contribution < -0.4 is 15.8 Å². The van der Waals surface area contributed by atoms with Crippen molar-refractivity contribution < 1.29 is 27.0 Å². The summed E-state index contributed by atoms with van der Waals surface area (Å²) in [4.78, 5) is 8.03. The molecule has 1 aliphatic rings. The van der Waals surface area contributed by atoms with Gasteiger partial charge in [-0.2, -0.15) is 13.2 Å². The van der Waals surface area contributed by atoms with Crippen LogP contribution in [-0.2, 0) is 10.3 Å². The number of nitrogens with zero attached hydrogens (tertiary/aromatic N) is 2. The van der Waals surface area contributed by atoms with Gasteiger partial charge in [-0.25, -0.2) is 9.37 Å². The number of ether oxygens (including phenoxy) is 2. The van der Waals surface area contributed by atoms with E-state index in [4.69, 9.17) is 15.2 Å². The molecule has 3 N–H and O–H groups in total. The number of hydrogen-bond acceptors (Lipinski definition) is 6. The molecule has 0 radical (unpaired) electrons. The van der Waals surface area contributed by atoms with Gasteiger partial charge in [-0.05, 0) is 37.3 Å². The Kier molecular flexibility index (Phi) is 5.16. The third-order valence-electron chi connectivity index (χ3n) is 4.35. The van der Waals surface area contributed by atoms with Crippen LogP contribution >= 0.6 is 0 Å². The average molecular weight is 398 g/mol. The lowest BCUT2D eigenvalue weighted by Crippen LogP contribution is -2.53. The Morgan fingerprint density at radius 1 is 1.32 bits per heavy atom. The normalized spacial score (nSPS) is 22.5. The number of nitrogens with one attached hydrogen (secondary N) is 1. The van der Waals surface area contributed by atoms with Crippen molar-refractivity contribution in [1.82, 2.24) is 4.98 Å². The Labute approximate surface area is 158 Å². The highest BCUT2D eigenvalue weighted by molar-refractivity contribution is 5.83. The second kappa shape index (κ2) is 7.27. The van der Waals surface area contributed by atoms with Crippen molar-refractivity contribution in [3.8, 4) is 5.75 Å². The van der Waals surface area contributed by atoms with E-state index in [1.807, 2.05) is 0 Å². The molecule has 10 heteroatoms. The molecular formula is C18H18F4N4O2. The van der Waals surface area contributed by atoms with Crippen molar-refractivity contribution in [3.63, 3.8) is 0 Å². The van der Waals surface area contributed by atoms with E-state index in [-0.39, 0.29) is 11.4 Å². The van der Waals surface area contributed by atoms with Gasteiger partial charge >= 0.3 is 6.18 Å². The Bertz CT molecular complexity index is 903. The molecule has 0 spiro atoms. The number of hydrogen-bond donors (Lipinski definition) is 2. The van der Waals surface area contributed by atoms with Gasteiger partial charge < -0.3 is 20.5 Å². The number of aromatic nitrogens is 1. The lowest BCUT2D eigenvalue weighted by atomic mass is 9.84. The minimum Gasteiger partial charge on any atom is -0.493 e. The quantitative estimate of drug-likeness (QED) is 0.771. The molecule has 6 nitrogen and oxygen atoms in total. The maximum absolute atomic E-state index is 14.6. The Morgan fingerprint density at radius 2 is 2.07 bits per heavy atom. The van der Waals surface area contributed by atoms with Crippen molar-refractivity contribution in [1.29, 1.82) is 0 Å². The fourth-order valence-corrected chi connectivity index (χ4v) is 3.11. The van der Waals surface area contributed by atoms with E-state index in [1.165, 1.54) is 25.4 Å². The molecule has 150 valence electrons. The van der Waals surface area contributed by atoms with Gasteiger partial charge in [-0.1, -0.05) is 0 Å². The molecule has 0 saturated carbocycles. The van der Waals surface area contributed by atoms with Gasteiger partial charge in [0.1, 0.15) is 23.8 Å². The first-order valence-electron chi connectivity index (χ1n) is 8.23. The maximum atomic E-state index is 14.6. The fourth-order valence-electron chi connectivity index (χ4n) is 3.11. The highest BCUT2D eigenvalue weighted by Gasteiger charge is 2.56. The molecule has 0 aliphatic carbocycles. The summed E-state index contributed by atoms with van der Waals surface area (Å²) in [6, 6.07) is 6.96. The number of rotatable bonds is 4. The number of methoxy groups -OCH3 is 1. The van der Waals surface area contributed by atoms with Crippen LogP contribution in [0.5, 0.6) is 5.75 Å². The molecule has 2 atom stereocenters. The number of alkyl halides is 3. The minimum absolute atomic E-state index is 0.146. The monoisotopic (exact) mass is 398 g/mol. The fraction of sp³-hybridized carbons (Fsp3) is 0.333. The van der Waals surface area contributed by atoms with Gasteiger partial charge in [0.15, 0.2) is 17.7 Å². The molecule has 2 unspecified atom stereocenters. The number of anilines is 2. The third kappa shape index (κ3) is 3.72. The molecule has 1 aromatic heterocycles. The summed E-state index contributed by atoms with van der Waals surface area (Å²) in [5.41, 5.74) is 3.50. The molecule has 28 heavy (non-hydrogen) atoms. The van der Waals surface area contributed by atoms with Gasteiger partial charge in [0.25, 0.3) is 0 Å². The zero-order valence-corrected chi connectivity index (χ0v) is 15.0. The number of aliphatic imine (C=N–C) groups is 1. The lowest BCUT2D eigenvalue weighted by molar-refractivity contribution is -0.238. The van der Waals surface area contributed by atoms with Gasteiger partial charge in [0.2, 0.25) is 0 Å². The minimum atomic E-state index is -4.76. The van der Waals surface area contributed by atoms with Gasteiger partial charge in [0, 0.05) is 17.4 Å². The van der Waals surface area contributed by atoms with E-state index in [9.17, 15) is 17.6 Å². The van der Waals surface area contributed by atoms with Crippen molar-refractivity contribution in [2.24, 2.45) is 10.7 Å². The first-order chi connectivity index (χ1) is 13.1. The smallest absolute Gasteiger partial charge is 0.417 e. The zero-order chi connectivity index (χ0) is 20.5. The Hall–Kier alpha value is -2.88. The van der Waals surface area contributed by atoms with E-state index < -0.39 is 30.2 Å². The van der Waals surface area contributed by atoms with E-state index in [0.29, 0.717) is 17.3 Å². The van der Waals surface area contributed by atoms with Crippen LogP contribution in [-0.4, -0.2) is 36.8 Å². The molecule has 2 aromatic rings. The van der Waals surface area contributed by atoms with Gasteiger partial charge in [0.05, 0.1) is 7.11 Å². The van der Waals surface area contributed by atoms with Crippen LogP contribution in [0.25, 0.3) is 0 Å². The molecule has 1 aromatic carbocycles. The largest absolute Gasteiger partial charge is 0.493 e. The highest BCUT2D eigenvalue weighted by atomic mass is 19.4. The summed E-state index contributed by atoms with van der Waals surface area (Å²) in [6.07, 6.45) is -5.60. The van der Waals surface area contributed by atoms with E-state index in [0.717, 1.165) is 13.0 Å². The van der Waals surface area contributed by atoms with E-state index >= 15 is 0 Å². The molecular weight excluding hydrogens is 380 g/mol. The molecule has 0 amide bonds. The summed E-state index contributed by atoms with van der Waals surface area (Å²) in [6.45, 7) is 0.658. The highest BCUT2D eigenvalue weighted by Crippen LogP contribution is 2.43. The van der Waals surface area contributed by atoms with Crippen LogP contribution in [0.1, 0.15) is 12.5 Å². The van der Waals surface area contributed by atoms with Crippen molar-refractivity contribution in [2.75, 3.05) is 19.0 Å². The maximum Gasteiger partial charge on any atom is 0.417 e. The first kappa shape index (κ1) is 19.9. The number of nitrogens with two attached hydrogens (primary N) is 1. The van der Waals surface area contributed by atoms with E-state index in [2.05, 4.69) is 15.3 Å². The van der Waals surface area contributed by atoms with Gasteiger partial charge in [-0.15, -0.1) is 0 Å². The number of halogens is 4. The SMILES string of the molecule is COc1cccnc1Nc1ccc(F)c(C2(C)N=C(N)COC2C(F)(F)F)c1. The molecule has 3 rings (SSSR count). The first-order valence-corrected chi connectivity index (χ1v) is 8.23. The van der Waals surface area contributed by atoms with Crippen LogP contribution in [0.3, 0.4) is 0 Å². The Morgan fingerprint density at radius 3 is 2.75 bits per heavy atom. The molecule has 1 aliphatic heterocycles. The lowest BCUT2D eigenvalue weighted by Gasteiger charge is -2.39. The van der Waals surface area contributed by atoms with Crippen molar-refractivity contribution in [3.05, 3.63) is 47.9 Å². The third-order valence-corrected chi connectivity index (χ3v) is 4.35. The summed E-state index contributed by atoms with van der Waals surface area (Å²) in [7, 11) is 1.45. The number of amidine groups is 1. The van der Waals surface area contributed by atoms with Crippen LogP contribution in [0.4, 0.5) is 29.1 Å². The van der Waals surface area contributed by atoms with E-state index in [1.54, 1.807) is 12.1 Å². The average Bonchev–Trinajstić information content (AvgIpc) is 2.62. The molecule has 0 saturated heterocycles. The second-order valence-electron chi connectivity index (χ2n) is 6.36. The predicted molar refractivity (Wildman–Crippen MR) is 95.2 cm³/mol. The number of benzene rings is 1. The molecule has 0 bridgehead atoms.